The Bertz CT molecular complexity index is 935. The predicted molar refractivity (Wildman–Crippen MR) is 104 cm³/mol. The van der Waals surface area contributed by atoms with Crippen molar-refractivity contribution in [1.29, 1.82) is 0 Å². The molecule has 0 N–H and O–H groups in total. The lowest BCUT2D eigenvalue weighted by atomic mass is 10.1. The molecule has 0 atom stereocenters. The Balaban J connectivity index is 2.14. The average molecular weight is 342 g/mol. The molecule has 130 valence electrons. The first kappa shape index (κ1) is 17.6. The summed E-state index contributed by atoms with van der Waals surface area (Å²) in [6, 6.07) is 23.8. The molecular formula is C23H22N2O. The number of aryl methyl sites for hydroxylation is 3. The van der Waals surface area contributed by atoms with Crippen LogP contribution < -0.4 is 5.11 Å². The first-order valence-corrected chi connectivity index (χ1v) is 8.61. The van der Waals surface area contributed by atoms with Gasteiger partial charge in [-0.1, -0.05) is 59.4 Å². The molecule has 0 aliphatic carbocycles. The minimum atomic E-state index is 0.509. The minimum absolute atomic E-state index is 0.509. The molecule has 0 heterocycles. The molecule has 0 bridgehead atoms. The summed E-state index contributed by atoms with van der Waals surface area (Å²) in [4.78, 5) is 0. The van der Waals surface area contributed by atoms with Crippen molar-refractivity contribution in [2.75, 3.05) is 0 Å². The number of hydrogen-bond acceptors (Lipinski definition) is 2. The lowest BCUT2D eigenvalue weighted by molar-refractivity contribution is -0.417. The van der Waals surface area contributed by atoms with E-state index >= 15 is 0 Å². The van der Waals surface area contributed by atoms with Crippen molar-refractivity contribution >= 4 is 17.1 Å². The average Bonchev–Trinajstić information content (AvgIpc) is 2.65. The van der Waals surface area contributed by atoms with E-state index in [2.05, 4.69) is 0 Å². The van der Waals surface area contributed by atoms with Gasteiger partial charge in [0.1, 0.15) is 5.69 Å². The summed E-state index contributed by atoms with van der Waals surface area (Å²) in [6.45, 7) is 6.10. The molecule has 3 aromatic rings. The van der Waals surface area contributed by atoms with Gasteiger partial charge in [0.25, 0.3) is 0 Å². The van der Waals surface area contributed by atoms with Crippen molar-refractivity contribution < 1.29 is 9.80 Å². The highest BCUT2D eigenvalue weighted by Crippen LogP contribution is 2.27. The van der Waals surface area contributed by atoms with E-state index in [-0.39, 0.29) is 0 Å². The van der Waals surface area contributed by atoms with Crippen LogP contribution in [0.5, 0.6) is 0 Å². The van der Waals surface area contributed by atoms with Crippen LogP contribution in [0.15, 0.2) is 84.2 Å². The van der Waals surface area contributed by atoms with E-state index in [0.29, 0.717) is 5.70 Å². The third kappa shape index (κ3) is 4.06. The summed E-state index contributed by atoms with van der Waals surface area (Å²) in [6.07, 6.45) is 0.863. The van der Waals surface area contributed by atoms with Crippen LogP contribution in [0.4, 0.5) is 11.4 Å². The Kier molecular flexibility index (Phi) is 5.28. The van der Waals surface area contributed by atoms with E-state index in [1.807, 2.05) is 93.6 Å². The van der Waals surface area contributed by atoms with Crippen LogP contribution in [0.3, 0.4) is 0 Å². The smallest absolute Gasteiger partial charge is 0.238 e. The van der Waals surface area contributed by atoms with Crippen molar-refractivity contribution in [3.05, 3.63) is 101 Å². The summed E-state index contributed by atoms with van der Waals surface area (Å²) < 4.78 is 1.71. The molecule has 0 saturated heterocycles. The largest absolute Gasteiger partial charge is 0.873 e. The lowest BCUT2D eigenvalue weighted by Crippen LogP contribution is -2.06. The van der Waals surface area contributed by atoms with Gasteiger partial charge in [0.2, 0.25) is 11.4 Å². The molecular weight excluding hydrogens is 320 g/mol. The molecule has 0 aliphatic heterocycles. The Labute approximate surface area is 154 Å². The number of nitrogens with zero attached hydrogens (tertiary/aromatic N) is 2. The molecule has 3 aromatic carbocycles. The second-order valence-electron chi connectivity index (χ2n) is 6.45. The van der Waals surface area contributed by atoms with Gasteiger partial charge in [-0.25, -0.2) is 0 Å². The molecule has 3 heteroatoms. The molecule has 0 unspecified atom stereocenters. The van der Waals surface area contributed by atoms with Gasteiger partial charge in [-0.3, -0.25) is 0 Å². The van der Waals surface area contributed by atoms with Crippen LogP contribution in [0.25, 0.3) is 5.70 Å². The van der Waals surface area contributed by atoms with Gasteiger partial charge in [0.15, 0.2) is 0 Å². The van der Waals surface area contributed by atoms with Gasteiger partial charge >= 0.3 is 0 Å². The van der Waals surface area contributed by atoms with Crippen molar-refractivity contribution in [2.45, 2.75) is 20.8 Å². The third-order valence-corrected chi connectivity index (χ3v) is 4.22. The maximum atomic E-state index is 12.0. The second-order valence-corrected chi connectivity index (χ2v) is 6.45. The number of azo groups is 2. The Morgan fingerprint density at radius 3 is 1.69 bits per heavy atom. The van der Waals surface area contributed by atoms with Crippen molar-refractivity contribution in [3.8, 4) is 0 Å². The van der Waals surface area contributed by atoms with Gasteiger partial charge in [-0.05, 0) is 49.7 Å². The van der Waals surface area contributed by atoms with E-state index in [9.17, 15) is 5.11 Å². The molecule has 0 aromatic heterocycles. The SMILES string of the molecule is Cc1ccc(N=[N+](C(=C[O-])c2ccc(C)cc2)c2ccc(C)cc2)cc1. The fourth-order valence-electron chi connectivity index (χ4n) is 2.63. The maximum Gasteiger partial charge on any atom is 0.238 e. The highest BCUT2D eigenvalue weighted by Gasteiger charge is 2.20. The van der Waals surface area contributed by atoms with Gasteiger partial charge in [0, 0.05) is 22.8 Å². The predicted octanol–water partition coefficient (Wildman–Crippen LogP) is 5.40. The van der Waals surface area contributed by atoms with Crippen molar-refractivity contribution in [2.24, 2.45) is 5.11 Å². The first-order chi connectivity index (χ1) is 12.6. The normalized spacial score (nSPS) is 12.3. The summed E-state index contributed by atoms with van der Waals surface area (Å²) in [5, 5.41) is 16.7. The highest BCUT2D eigenvalue weighted by atomic mass is 16.2. The molecule has 3 nitrogen and oxygen atoms in total. The molecule has 0 spiro atoms. The lowest BCUT2D eigenvalue weighted by Gasteiger charge is -2.08. The summed E-state index contributed by atoms with van der Waals surface area (Å²) in [5.41, 5.74) is 6.46. The quantitative estimate of drug-likeness (QED) is 0.355. The number of hydrogen-bond donors (Lipinski definition) is 0. The Morgan fingerprint density at radius 1 is 0.731 bits per heavy atom. The zero-order valence-corrected chi connectivity index (χ0v) is 15.3. The molecule has 0 saturated carbocycles. The van der Waals surface area contributed by atoms with E-state index in [0.717, 1.165) is 34.3 Å². The summed E-state index contributed by atoms with van der Waals surface area (Å²) in [5.74, 6) is 0. The summed E-state index contributed by atoms with van der Waals surface area (Å²) in [7, 11) is 0. The van der Waals surface area contributed by atoms with Gasteiger partial charge in [-0.15, -0.1) is 0 Å². The van der Waals surface area contributed by atoms with Gasteiger partial charge in [-0.2, -0.15) is 0 Å². The van der Waals surface area contributed by atoms with E-state index in [1.165, 1.54) is 5.56 Å². The molecule has 0 aliphatic rings. The second kappa shape index (κ2) is 7.79. The minimum Gasteiger partial charge on any atom is -0.873 e. The molecule has 0 amide bonds. The summed E-state index contributed by atoms with van der Waals surface area (Å²) >= 11 is 0. The number of rotatable bonds is 4. The van der Waals surface area contributed by atoms with Crippen LogP contribution in [0, 0.1) is 20.8 Å². The van der Waals surface area contributed by atoms with Crippen LogP contribution in [-0.4, -0.2) is 4.70 Å². The fourth-order valence-corrected chi connectivity index (χ4v) is 2.63. The van der Waals surface area contributed by atoms with Crippen LogP contribution in [-0.2, 0) is 0 Å². The Hall–Kier alpha value is -3.20. The third-order valence-electron chi connectivity index (χ3n) is 4.22. The topological polar surface area (TPSA) is 38.4 Å². The first-order valence-electron chi connectivity index (χ1n) is 8.61. The van der Waals surface area contributed by atoms with Crippen LogP contribution >= 0.6 is 0 Å². The molecule has 3 rings (SSSR count). The zero-order valence-electron chi connectivity index (χ0n) is 15.3. The van der Waals surface area contributed by atoms with Crippen molar-refractivity contribution in [3.63, 3.8) is 0 Å². The molecule has 0 fully saturated rings. The van der Waals surface area contributed by atoms with E-state index < -0.39 is 0 Å². The van der Waals surface area contributed by atoms with Crippen LogP contribution in [0.2, 0.25) is 0 Å². The fraction of sp³-hybridized carbons (Fsp3) is 0.130. The highest BCUT2D eigenvalue weighted by molar-refractivity contribution is 5.59. The van der Waals surface area contributed by atoms with Crippen LogP contribution in [0.1, 0.15) is 22.3 Å². The standard InChI is InChI=1S/C23H22N2O/c1-17-4-10-20(11-5-17)23(16-26)25(22-14-8-19(3)9-15-22)24-21-12-6-18(2)7-13-21/h4-16H,1-3H3. The Morgan fingerprint density at radius 2 is 1.19 bits per heavy atom. The van der Waals surface area contributed by atoms with Gasteiger partial charge in [0.05, 0.1) is 0 Å². The number of benzene rings is 3. The molecule has 0 radical (unpaired) electrons. The monoisotopic (exact) mass is 342 g/mol. The van der Waals surface area contributed by atoms with E-state index in [1.54, 1.807) is 4.70 Å². The van der Waals surface area contributed by atoms with Crippen molar-refractivity contribution in [1.82, 2.24) is 0 Å². The van der Waals surface area contributed by atoms with E-state index in [4.69, 9.17) is 5.11 Å². The zero-order chi connectivity index (χ0) is 18.5. The van der Waals surface area contributed by atoms with Gasteiger partial charge < -0.3 is 5.11 Å². The molecule has 26 heavy (non-hydrogen) atoms. The maximum absolute atomic E-state index is 12.0.